The quantitative estimate of drug-likeness (QED) is 0.900. The minimum Gasteiger partial charge on any atom is -0.449 e. The maximum Gasteiger partial charge on any atom is 0.291 e. The van der Waals surface area contributed by atoms with E-state index in [0.717, 1.165) is 0 Å². The number of hydrogen-bond acceptors (Lipinski definition) is 3. The lowest BCUT2D eigenvalue weighted by Crippen LogP contribution is -2.39. The summed E-state index contributed by atoms with van der Waals surface area (Å²) in [4.78, 5) is 4.24. The predicted octanol–water partition coefficient (Wildman–Crippen LogP) is 4.23. The highest BCUT2D eigenvalue weighted by atomic mass is 35.5. The molecular weight excluding hydrogens is 284 g/mol. The zero-order chi connectivity index (χ0) is 19.2. The third kappa shape index (κ3) is 2.49. The van der Waals surface area contributed by atoms with E-state index in [0.29, 0.717) is 21.8 Å². The number of hydrogen-bond donors (Lipinski definition) is 1. The smallest absolute Gasteiger partial charge is 0.291 e. The van der Waals surface area contributed by atoms with Crippen LogP contribution in [0.1, 0.15) is 31.8 Å². The summed E-state index contributed by atoms with van der Waals surface area (Å²) in [5, 5.41) is 2.84. The molecule has 21 heavy (non-hydrogen) atoms. The molecule has 1 aliphatic rings. The van der Waals surface area contributed by atoms with Crippen molar-refractivity contribution in [2.24, 2.45) is 4.99 Å². The summed E-state index contributed by atoms with van der Waals surface area (Å²) >= 11 is 6.12. The van der Waals surface area contributed by atoms with Crippen LogP contribution in [0.4, 0.5) is 5.69 Å². The minimum atomic E-state index is -2.61. The number of nitrogens with zero attached hydrogens (tertiary/aromatic N) is 1. The van der Waals surface area contributed by atoms with Crippen molar-refractivity contribution in [1.29, 1.82) is 0 Å². The first kappa shape index (κ1) is 9.11. The Balaban J connectivity index is 2.30. The van der Waals surface area contributed by atoms with Crippen LogP contribution in [0.15, 0.2) is 53.5 Å². The fourth-order valence-corrected chi connectivity index (χ4v) is 2.44. The van der Waals surface area contributed by atoms with Crippen molar-refractivity contribution in [2.45, 2.75) is 19.4 Å². The second-order valence-corrected chi connectivity index (χ2v) is 5.04. The fraction of sp³-hybridized carbons (Fsp3) is 0.235. The molecule has 2 aromatic rings. The van der Waals surface area contributed by atoms with Gasteiger partial charge in [-0.2, -0.15) is 4.99 Å². The Kier molecular flexibility index (Phi) is 2.35. The van der Waals surface area contributed by atoms with Crippen molar-refractivity contribution in [2.75, 3.05) is 6.50 Å². The number of amidine groups is 1. The summed E-state index contributed by atoms with van der Waals surface area (Å²) in [6.45, 7) is -3.17. The van der Waals surface area contributed by atoms with Gasteiger partial charge in [0.2, 0.25) is 0 Å². The van der Waals surface area contributed by atoms with Crippen LogP contribution in [0, 0.1) is 0 Å². The van der Waals surface area contributed by atoms with Gasteiger partial charge < -0.3 is 10.1 Å². The van der Waals surface area contributed by atoms with Crippen molar-refractivity contribution in [3.8, 4) is 0 Å². The maximum absolute atomic E-state index is 8.22. The van der Waals surface area contributed by atoms with Crippen molar-refractivity contribution >= 4 is 23.3 Å². The first-order valence-corrected chi connectivity index (χ1v) is 6.82. The molecule has 3 nitrogen and oxygen atoms in total. The van der Waals surface area contributed by atoms with Crippen LogP contribution < -0.4 is 5.32 Å². The monoisotopic (exact) mass is 305 g/mol. The first-order chi connectivity index (χ1) is 12.0. The zero-order valence-corrected chi connectivity index (χ0v) is 12.1. The summed E-state index contributed by atoms with van der Waals surface area (Å²) < 4.78 is 45.9. The van der Waals surface area contributed by atoms with Crippen LogP contribution in [-0.2, 0) is 10.3 Å². The highest BCUT2D eigenvalue weighted by Crippen LogP contribution is 2.42. The molecule has 0 amide bonds. The molecule has 0 aromatic heterocycles. The zero-order valence-electron chi connectivity index (χ0n) is 16.4. The van der Waals surface area contributed by atoms with Gasteiger partial charge in [0.15, 0.2) is 5.60 Å². The van der Waals surface area contributed by atoms with Crippen LogP contribution in [0.5, 0.6) is 0 Å². The Hall–Kier alpha value is -2.00. The molecule has 0 bridgehead atoms. The average molecular weight is 306 g/mol. The van der Waals surface area contributed by atoms with Crippen LogP contribution in [0.3, 0.4) is 0 Å². The van der Waals surface area contributed by atoms with E-state index in [1.165, 1.54) is 13.0 Å². The lowest BCUT2D eigenvalue weighted by Gasteiger charge is -2.36. The van der Waals surface area contributed by atoms with Crippen molar-refractivity contribution in [1.82, 2.24) is 5.32 Å². The Bertz CT molecular complexity index is 848. The Morgan fingerprint density at radius 3 is 2.86 bits per heavy atom. The third-order valence-electron chi connectivity index (χ3n) is 3.22. The van der Waals surface area contributed by atoms with Crippen LogP contribution in [-0.4, -0.2) is 12.5 Å². The fourth-order valence-electron chi connectivity index (χ4n) is 2.27. The standard InChI is InChI=1S/C17H17ClN2O/c1-3-19-16-20-15-10-9-13(18)11-14(15)17(2,21-16)12-7-5-4-6-8-12/h4-11H,3H2,1-2H3,(H,19,20)/i2D3,3D2. The number of fused-ring (bicyclic) bond motifs is 1. The summed E-state index contributed by atoms with van der Waals surface area (Å²) in [7, 11) is 0. The van der Waals surface area contributed by atoms with Gasteiger partial charge in [-0.05, 0) is 37.5 Å². The number of ether oxygens (including phenoxy) is 1. The number of halogens is 1. The van der Waals surface area contributed by atoms with Gasteiger partial charge >= 0.3 is 0 Å². The summed E-state index contributed by atoms with van der Waals surface area (Å²) in [5.41, 5.74) is -0.815. The van der Waals surface area contributed by atoms with E-state index < -0.39 is 18.9 Å². The molecule has 1 N–H and O–H groups in total. The second-order valence-electron chi connectivity index (χ2n) is 4.60. The van der Waals surface area contributed by atoms with Gasteiger partial charge in [-0.1, -0.05) is 41.9 Å². The lowest BCUT2D eigenvalue weighted by atomic mass is 9.86. The Morgan fingerprint density at radius 1 is 1.33 bits per heavy atom. The number of benzene rings is 2. The number of aliphatic imine (C=N–C) groups is 1. The van der Waals surface area contributed by atoms with Crippen LogP contribution in [0.2, 0.25) is 5.02 Å². The molecular formula is C17H17ClN2O. The van der Waals surface area contributed by atoms with Crippen molar-refractivity contribution < 1.29 is 11.6 Å². The Morgan fingerprint density at radius 2 is 2.14 bits per heavy atom. The second kappa shape index (κ2) is 5.41. The predicted molar refractivity (Wildman–Crippen MR) is 86.2 cm³/mol. The van der Waals surface area contributed by atoms with E-state index in [1.807, 2.05) is 0 Å². The molecule has 0 radical (unpaired) electrons. The van der Waals surface area contributed by atoms with Gasteiger partial charge in [0.1, 0.15) is 0 Å². The van der Waals surface area contributed by atoms with E-state index in [1.54, 1.807) is 42.5 Å². The molecule has 1 unspecified atom stereocenters. The maximum atomic E-state index is 8.22. The molecule has 1 aliphatic heterocycles. The lowest BCUT2D eigenvalue weighted by molar-refractivity contribution is 0.106. The van der Waals surface area contributed by atoms with Gasteiger partial charge in [-0.3, -0.25) is 0 Å². The highest BCUT2D eigenvalue weighted by Gasteiger charge is 2.37. The molecule has 108 valence electrons. The minimum absolute atomic E-state index is 0.202. The molecule has 1 heterocycles. The molecule has 2 aromatic carbocycles. The topological polar surface area (TPSA) is 33.6 Å². The highest BCUT2D eigenvalue weighted by molar-refractivity contribution is 6.30. The normalized spacial score (nSPS) is 25.0. The Labute approximate surface area is 136 Å². The van der Waals surface area contributed by atoms with Crippen molar-refractivity contribution in [3.05, 3.63) is 64.7 Å². The molecule has 1 atom stereocenters. The van der Waals surface area contributed by atoms with Gasteiger partial charge in [-0.25, -0.2) is 0 Å². The van der Waals surface area contributed by atoms with E-state index >= 15 is 0 Å². The summed E-state index contributed by atoms with van der Waals surface area (Å²) in [6.07, 6.45) is 0. The van der Waals surface area contributed by atoms with Gasteiger partial charge in [-0.15, -0.1) is 0 Å². The van der Waals surface area contributed by atoms with E-state index in [2.05, 4.69) is 10.3 Å². The van der Waals surface area contributed by atoms with Gasteiger partial charge in [0, 0.05) is 23.9 Å². The molecule has 0 saturated carbocycles. The molecule has 0 saturated heterocycles. The molecule has 3 rings (SSSR count). The van der Waals surface area contributed by atoms with Crippen molar-refractivity contribution in [3.63, 3.8) is 0 Å². The summed E-state index contributed by atoms with van der Waals surface area (Å²) in [5.74, 6) is 0. The van der Waals surface area contributed by atoms with Gasteiger partial charge in [0.25, 0.3) is 6.02 Å². The molecule has 4 heteroatoms. The molecule has 0 spiro atoms. The number of rotatable bonds is 2. The molecule has 0 fully saturated rings. The largest absolute Gasteiger partial charge is 0.449 e. The summed E-state index contributed by atoms with van der Waals surface area (Å²) in [6, 6.07) is 13.0. The van der Waals surface area contributed by atoms with Crippen LogP contribution in [0.25, 0.3) is 0 Å². The third-order valence-corrected chi connectivity index (χ3v) is 3.46. The van der Waals surface area contributed by atoms with E-state index in [9.17, 15) is 0 Å². The van der Waals surface area contributed by atoms with E-state index in [-0.39, 0.29) is 6.02 Å². The number of nitrogens with one attached hydrogen (secondary N) is 1. The van der Waals surface area contributed by atoms with E-state index in [4.69, 9.17) is 23.2 Å². The first-order valence-electron chi connectivity index (χ1n) is 8.94. The SMILES string of the molecule is [2H]C([2H])(C)NC1=Nc2ccc(Cl)cc2C(c2ccccc2)(C([2H])([2H])[2H])O1. The van der Waals surface area contributed by atoms with Crippen LogP contribution >= 0.6 is 11.6 Å². The molecule has 0 aliphatic carbocycles. The van der Waals surface area contributed by atoms with Gasteiger partial charge in [0.05, 0.1) is 5.69 Å². The average Bonchev–Trinajstić information content (AvgIpc) is 2.52.